The summed E-state index contributed by atoms with van der Waals surface area (Å²) in [6, 6.07) is 8.60. The molecule has 0 radical (unpaired) electrons. The zero-order chi connectivity index (χ0) is 13.5. The number of aryl methyl sites for hydroxylation is 2. The molecule has 2 aromatic rings. The van der Waals surface area contributed by atoms with Gasteiger partial charge in [-0.3, -0.25) is 0 Å². The number of anilines is 2. The molecule has 1 aromatic carbocycles. The van der Waals surface area contributed by atoms with Gasteiger partial charge in [0, 0.05) is 17.1 Å². The molecule has 104 valence electrons. The van der Waals surface area contributed by atoms with Crippen LogP contribution in [0.3, 0.4) is 0 Å². The summed E-state index contributed by atoms with van der Waals surface area (Å²) in [4.78, 5) is 8.36. The molecular formula is C16H18N2OS. The van der Waals surface area contributed by atoms with E-state index in [9.17, 15) is 5.11 Å². The summed E-state index contributed by atoms with van der Waals surface area (Å²) >= 11 is 1.76. The minimum absolute atomic E-state index is 0.358. The van der Waals surface area contributed by atoms with Crippen molar-refractivity contribution in [3.63, 3.8) is 0 Å². The molecule has 1 N–H and O–H groups in total. The number of fused-ring (bicyclic) bond motifs is 2. The minimum Gasteiger partial charge on any atom is -0.387 e. The first kappa shape index (κ1) is 12.4. The molecule has 4 heteroatoms. The third-order valence-electron chi connectivity index (χ3n) is 4.25. The average molecular weight is 286 g/mol. The van der Waals surface area contributed by atoms with Crippen molar-refractivity contribution in [2.24, 2.45) is 0 Å². The molecule has 1 atom stereocenters. The minimum atomic E-state index is -0.358. The lowest BCUT2D eigenvalue weighted by Gasteiger charge is -2.29. The molecule has 1 aromatic heterocycles. The predicted octanol–water partition coefficient (Wildman–Crippen LogP) is 3.60. The second-order valence-electron chi connectivity index (χ2n) is 5.60. The molecule has 2 heterocycles. The van der Waals surface area contributed by atoms with E-state index >= 15 is 0 Å². The summed E-state index contributed by atoms with van der Waals surface area (Å²) < 4.78 is 0. The first-order valence-electron chi connectivity index (χ1n) is 7.36. The normalized spacial score (nSPS) is 21.4. The third kappa shape index (κ3) is 1.95. The Balaban J connectivity index is 1.76. The number of hydrogen-bond acceptors (Lipinski definition) is 4. The summed E-state index contributed by atoms with van der Waals surface area (Å²) in [5.41, 5.74) is 3.63. The van der Waals surface area contributed by atoms with Crippen LogP contribution in [0.1, 0.15) is 41.5 Å². The number of para-hydroxylation sites is 1. The summed E-state index contributed by atoms with van der Waals surface area (Å²) in [6.45, 7) is 1.03. The molecule has 2 aliphatic rings. The molecule has 0 bridgehead atoms. The zero-order valence-electron chi connectivity index (χ0n) is 11.4. The van der Waals surface area contributed by atoms with Gasteiger partial charge in [-0.2, -0.15) is 0 Å². The summed E-state index contributed by atoms with van der Waals surface area (Å²) in [5, 5.41) is 11.2. The first-order valence-corrected chi connectivity index (χ1v) is 8.17. The van der Waals surface area contributed by atoms with Gasteiger partial charge in [0.05, 0.1) is 11.8 Å². The van der Waals surface area contributed by atoms with Crippen molar-refractivity contribution in [3.05, 3.63) is 40.4 Å². The van der Waals surface area contributed by atoms with Gasteiger partial charge in [-0.1, -0.05) is 18.2 Å². The average Bonchev–Trinajstić information content (AvgIpc) is 2.92. The van der Waals surface area contributed by atoms with Crippen LogP contribution in [-0.2, 0) is 12.8 Å². The Hall–Kier alpha value is -1.39. The quantitative estimate of drug-likeness (QED) is 0.870. The maximum Gasteiger partial charge on any atom is 0.190 e. The monoisotopic (exact) mass is 286 g/mol. The molecule has 0 amide bonds. The number of nitrogens with zero attached hydrogens (tertiary/aromatic N) is 2. The van der Waals surface area contributed by atoms with Gasteiger partial charge >= 0.3 is 0 Å². The highest BCUT2D eigenvalue weighted by Gasteiger charge is 2.26. The van der Waals surface area contributed by atoms with E-state index in [2.05, 4.69) is 29.2 Å². The lowest BCUT2D eigenvalue weighted by atomic mass is 10.0. The molecule has 4 rings (SSSR count). The van der Waals surface area contributed by atoms with E-state index in [1.165, 1.54) is 22.5 Å². The summed E-state index contributed by atoms with van der Waals surface area (Å²) in [7, 11) is 0. The van der Waals surface area contributed by atoms with Crippen LogP contribution in [0.2, 0.25) is 0 Å². The highest BCUT2D eigenvalue weighted by atomic mass is 32.1. The van der Waals surface area contributed by atoms with Gasteiger partial charge in [0.15, 0.2) is 5.13 Å². The Kier molecular flexibility index (Phi) is 3.00. The van der Waals surface area contributed by atoms with Gasteiger partial charge in [0.2, 0.25) is 0 Å². The van der Waals surface area contributed by atoms with Gasteiger partial charge in [-0.25, -0.2) is 4.98 Å². The van der Waals surface area contributed by atoms with Gasteiger partial charge in [-0.15, -0.1) is 11.3 Å². The number of hydrogen-bond donors (Lipinski definition) is 1. The van der Waals surface area contributed by atoms with Crippen molar-refractivity contribution >= 4 is 22.2 Å². The highest BCUT2D eigenvalue weighted by Crippen LogP contribution is 2.40. The summed E-state index contributed by atoms with van der Waals surface area (Å²) in [5.74, 6) is 0. The van der Waals surface area contributed by atoms with Gasteiger partial charge < -0.3 is 10.0 Å². The Bertz CT molecular complexity index is 637. The van der Waals surface area contributed by atoms with Crippen molar-refractivity contribution in [2.45, 2.75) is 38.2 Å². The first-order chi connectivity index (χ1) is 9.83. The van der Waals surface area contributed by atoms with E-state index in [0.717, 1.165) is 43.1 Å². The number of aliphatic hydroxyl groups is 1. The predicted molar refractivity (Wildman–Crippen MR) is 81.8 cm³/mol. The summed E-state index contributed by atoms with van der Waals surface area (Å²) in [6.07, 6.45) is 4.96. The van der Waals surface area contributed by atoms with Gasteiger partial charge in [0.25, 0.3) is 0 Å². The number of rotatable bonds is 1. The Morgan fingerprint density at radius 3 is 3.00 bits per heavy atom. The second-order valence-corrected chi connectivity index (χ2v) is 6.66. The lowest BCUT2D eigenvalue weighted by molar-refractivity contribution is 0.153. The van der Waals surface area contributed by atoms with E-state index in [-0.39, 0.29) is 6.10 Å². The van der Waals surface area contributed by atoms with E-state index in [1.54, 1.807) is 11.3 Å². The fourth-order valence-electron chi connectivity index (χ4n) is 3.23. The number of aromatic nitrogens is 1. The van der Waals surface area contributed by atoms with E-state index in [1.807, 2.05) is 0 Å². The Morgan fingerprint density at radius 1 is 1.20 bits per heavy atom. The topological polar surface area (TPSA) is 36.4 Å². The van der Waals surface area contributed by atoms with Crippen LogP contribution in [0.25, 0.3) is 0 Å². The van der Waals surface area contributed by atoms with Crippen LogP contribution in [0.5, 0.6) is 0 Å². The molecular weight excluding hydrogens is 268 g/mol. The Labute approximate surface area is 122 Å². The number of aliphatic hydroxyl groups excluding tert-OH is 1. The van der Waals surface area contributed by atoms with Gasteiger partial charge in [-0.05, 0) is 43.7 Å². The fraction of sp³-hybridized carbons (Fsp3) is 0.438. The van der Waals surface area contributed by atoms with Crippen molar-refractivity contribution in [2.75, 3.05) is 11.4 Å². The molecule has 1 aliphatic carbocycles. The van der Waals surface area contributed by atoms with E-state index < -0.39 is 0 Å². The molecule has 1 unspecified atom stereocenters. The largest absolute Gasteiger partial charge is 0.387 e. The van der Waals surface area contributed by atoms with Crippen LogP contribution in [0, 0.1) is 0 Å². The van der Waals surface area contributed by atoms with Crippen molar-refractivity contribution in [1.82, 2.24) is 4.98 Å². The van der Waals surface area contributed by atoms with Crippen molar-refractivity contribution < 1.29 is 5.11 Å². The van der Waals surface area contributed by atoms with E-state index in [4.69, 9.17) is 4.98 Å². The lowest BCUT2D eigenvalue weighted by Crippen LogP contribution is -2.24. The van der Waals surface area contributed by atoms with Crippen molar-refractivity contribution in [1.29, 1.82) is 0 Å². The standard InChI is InChI=1S/C16H18N2OS/c19-13-8-3-9-14-15(13)17-16(20-14)18-10-4-6-11-5-1-2-7-12(11)18/h1-2,5,7,13,19H,3-4,6,8-10H2. The Morgan fingerprint density at radius 2 is 2.10 bits per heavy atom. The zero-order valence-corrected chi connectivity index (χ0v) is 12.2. The number of thiazole rings is 1. The molecule has 0 saturated carbocycles. The van der Waals surface area contributed by atoms with E-state index in [0.29, 0.717) is 0 Å². The maximum atomic E-state index is 10.1. The van der Waals surface area contributed by atoms with Crippen LogP contribution in [-0.4, -0.2) is 16.6 Å². The molecule has 20 heavy (non-hydrogen) atoms. The molecule has 3 nitrogen and oxygen atoms in total. The van der Waals surface area contributed by atoms with Crippen LogP contribution >= 0.6 is 11.3 Å². The SMILES string of the molecule is OC1CCCc2sc(N3CCCc4ccccc43)nc21. The van der Waals surface area contributed by atoms with Crippen LogP contribution in [0.15, 0.2) is 24.3 Å². The second kappa shape index (κ2) is 4.86. The smallest absolute Gasteiger partial charge is 0.190 e. The number of benzene rings is 1. The molecule has 1 aliphatic heterocycles. The van der Waals surface area contributed by atoms with Crippen LogP contribution < -0.4 is 4.90 Å². The van der Waals surface area contributed by atoms with Crippen molar-refractivity contribution in [3.8, 4) is 0 Å². The fourth-order valence-corrected chi connectivity index (χ4v) is 4.43. The molecule has 0 spiro atoms. The maximum absolute atomic E-state index is 10.1. The third-order valence-corrected chi connectivity index (χ3v) is 5.41. The molecule has 0 saturated heterocycles. The van der Waals surface area contributed by atoms with Crippen LogP contribution in [0.4, 0.5) is 10.8 Å². The van der Waals surface area contributed by atoms with Gasteiger partial charge in [0.1, 0.15) is 0 Å². The molecule has 0 fully saturated rings. The highest BCUT2D eigenvalue weighted by molar-refractivity contribution is 7.15.